The van der Waals surface area contributed by atoms with E-state index in [4.69, 9.17) is 0 Å². The maximum Gasteiger partial charge on any atom is 0.337 e. The van der Waals surface area contributed by atoms with Crippen LogP contribution in [0.25, 0.3) is 0 Å². The molecule has 1 aliphatic heterocycles. The third-order valence-electron chi connectivity index (χ3n) is 4.36. The van der Waals surface area contributed by atoms with E-state index in [1.807, 2.05) is 4.90 Å². The predicted octanol–water partition coefficient (Wildman–Crippen LogP) is 2.81. The Labute approximate surface area is 150 Å². The van der Waals surface area contributed by atoms with E-state index < -0.39 is 5.97 Å². The molecular formula is C19H20FN3O3. The van der Waals surface area contributed by atoms with Crippen LogP contribution in [-0.2, 0) is 4.79 Å². The summed E-state index contributed by atoms with van der Waals surface area (Å²) in [6.07, 6.45) is 0. The zero-order valence-electron chi connectivity index (χ0n) is 14.4. The molecule has 0 saturated carbocycles. The summed E-state index contributed by atoms with van der Waals surface area (Å²) in [5.41, 5.74) is 2.20. The summed E-state index contributed by atoms with van der Waals surface area (Å²) in [4.78, 5) is 27.0. The van der Waals surface area contributed by atoms with Crippen molar-refractivity contribution in [3.63, 3.8) is 0 Å². The molecule has 2 aromatic rings. The van der Waals surface area contributed by atoms with Gasteiger partial charge in [-0.05, 0) is 42.5 Å². The molecule has 1 fully saturated rings. The molecule has 1 aliphatic rings. The number of carboxylic acid groups (broad SMARTS) is 1. The van der Waals surface area contributed by atoms with Gasteiger partial charge >= 0.3 is 5.97 Å². The van der Waals surface area contributed by atoms with Crippen molar-refractivity contribution in [1.82, 2.24) is 0 Å². The van der Waals surface area contributed by atoms with E-state index in [2.05, 4.69) is 10.2 Å². The summed E-state index contributed by atoms with van der Waals surface area (Å²) in [5, 5.41) is 12.1. The number of amides is 1. The third kappa shape index (κ3) is 3.93. The molecule has 1 saturated heterocycles. The second-order valence-electron chi connectivity index (χ2n) is 6.17. The van der Waals surface area contributed by atoms with Crippen LogP contribution in [0.3, 0.4) is 0 Å². The topological polar surface area (TPSA) is 72.9 Å². The minimum Gasteiger partial charge on any atom is -0.478 e. The first-order chi connectivity index (χ1) is 12.4. The van der Waals surface area contributed by atoms with Gasteiger partial charge in [-0.15, -0.1) is 0 Å². The zero-order chi connectivity index (χ0) is 18.7. The number of nitrogens with zero attached hydrogens (tertiary/aromatic N) is 2. The van der Waals surface area contributed by atoms with Crippen LogP contribution in [0, 0.1) is 5.82 Å². The highest BCUT2D eigenvalue weighted by Crippen LogP contribution is 2.27. The van der Waals surface area contributed by atoms with E-state index in [0.717, 1.165) is 5.69 Å². The lowest BCUT2D eigenvalue weighted by atomic mass is 10.1. The van der Waals surface area contributed by atoms with Crippen molar-refractivity contribution in [3.8, 4) is 0 Å². The quantitative estimate of drug-likeness (QED) is 0.880. The number of rotatable bonds is 4. The molecule has 1 heterocycles. The Hall–Kier alpha value is -3.09. The minimum absolute atomic E-state index is 0.159. The zero-order valence-corrected chi connectivity index (χ0v) is 14.4. The third-order valence-corrected chi connectivity index (χ3v) is 4.36. The number of nitrogens with one attached hydrogen (secondary N) is 1. The number of carboxylic acids is 1. The lowest BCUT2D eigenvalue weighted by molar-refractivity contribution is -0.114. The molecular weight excluding hydrogens is 337 g/mol. The fourth-order valence-electron chi connectivity index (χ4n) is 3.12. The SMILES string of the molecule is CC(=O)Nc1ccc(N2CCN(c3ccc(F)cc3)CC2)c(C(=O)O)c1. The second-order valence-corrected chi connectivity index (χ2v) is 6.17. The van der Waals surface area contributed by atoms with E-state index >= 15 is 0 Å². The number of hydrogen-bond donors (Lipinski definition) is 2. The Bertz CT molecular complexity index is 815. The van der Waals surface area contributed by atoms with Crippen LogP contribution in [-0.4, -0.2) is 43.2 Å². The Balaban J connectivity index is 1.75. The highest BCUT2D eigenvalue weighted by molar-refractivity contribution is 5.97. The van der Waals surface area contributed by atoms with Gasteiger partial charge in [-0.1, -0.05) is 0 Å². The van der Waals surface area contributed by atoms with Crippen LogP contribution in [0.4, 0.5) is 21.5 Å². The Morgan fingerprint density at radius 2 is 1.62 bits per heavy atom. The van der Waals surface area contributed by atoms with E-state index in [9.17, 15) is 19.1 Å². The average molecular weight is 357 g/mol. The smallest absolute Gasteiger partial charge is 0.337 e. The Morgan fingerprint density at radius 1 is 1.00 bits per heavy atom. The van der Waals surface area contributed by atoms with Crippen LogP contribution in [0.1, 0.15) is 17.3 Å². The number of aromatic carboxylic acids is 1. The normalized spacial score (nSPS) is 14.2. The molecule has 0 unspecified atom stereocenters. The minimum atomic E-state index is -1.03. The van der Waals surface area contributed by atoms with Gasteiger partial charge in [-0.25, -0.2) is 9.18 Å². The van der Waals surface area contributed by atoms with Gasteiger partial charge in [-0.2, -0.15) is 0 Å². The van der Waals surface area contributed by atoms with Gasteiger partial charge < -0.3 is 20.2 Å². The van der Waals surface area contributed by atoms with Gasteiger partial charge in [0.1, 0.15) is 5.82 Å². The van der Waals surface area contributed by atoms with Crippen molar-refractivity contribution >= 4 is 28.9 Å². The van der Waals surface area contributed by atoms with Crippen LogP contribution in [0.15, 0.2) is 42.5 Å². The van der Waals surface area contributed by atoms with Gasteiger partial charge in [0.2, 0.25) is 5.91 Å². The lowest BCUT2D eigenvalue weighted by Gasteiger charge is -2.38. The number of halogens is 1. The molecule has 0 radical (unpaired) electrons. The first-order valence-electron chi connectivity index (χ1n) is 8.34. The van der Waals surface area contributed by atoms with Crippen LogP contribution in [0.5, 0.6) is 0 Å². The summed E-state index contributed by atoms with van der Waals surface area (Å²) in [5.74, 6) is -1.55. The summed E-state index contributed by atoms with van der Waals surface area (Å²) < 4.78 is 13.1. The van der Waals surface area contributed by atoms with Crippen molar-refractivity contribution in [3.05, 3.63) is 53.8 Å². The van der Waals surface area contributed by atoms with Crippen LogP contribution >= 0.6 is 0 Å². The standard InChI is InChI=1S/C19H20FN3O3/c1-13(24)21-15-4-7-18(17(12-15)19(25)26)23-10-8-22(9-11-23)16-5-2-14(20)3-6-16/h2-7,12H,8-11H2,1H3,(H,21,24)(H,25,26). The molecule has 136 valence electrons. The first kappa shape index (κ1) is 17.7. The molecule has 26 heavy (non-hydrogen) atoms. The molecule has 7 heteroatoms. The number of hydrogen-bond acceptors (Lipinski definition) is 4. The van der Waals surface area contributed by atoms with Gasteiger partial charge in [-0.3, -0.25) is 4.79 Å². The molecule has 2 aromatic carbocycles. The maximum absolute atomic E-state index is 13.1. The Morgan fingerprint density at radius 3 is 2.19 bits per heavy atom. The molecule has 0 aliphatic carbocycles. The Kier molecular flexibility index (Phi) is 5.06. The molecule has 2 N–H and O–H groups in total. The van der Waals surface area contributed by atoms with E-state index in [1.54, 1.807) is 24.3 Å². The van der Waals surface area contributed by atoms with Crippen molar-refractivity contribution in [1.29, 1.82) is 0 Å². The van der Waals surface area contributed by atoms with E-state index in [-0.39, 0.29) is 17.3 Å². The number of carbonyl (C=O) groups excluding carboxylic acids is 1. The highest BCUT2D eigenvalue weighted by Gasteiger charge is 2.22. The highest BCUT2D eigenvalue weighted by atomic mass is 19.1. The molecule has 1 amide bonds. The second kappa shape index (κ2) is 7.43. The fraction of sp³-hybridized carbons (Fsp3) is 0.263. The number of carbonyl (C=O) groups is 2. The number of anilines is 3. The average Bonchev–Trinajstić information content (AvgIpc) is 2.62. The monoisotopic (exact) mass is 357 g/mol. The fourth-order valence-corrected chi connectivity index (χ4v) is 3.12. The first-order valence-corrected chi connectivity index (χ1v) is 8.34. The lowest BCUT2D eigenvalue weighted by Crippen LogP contribution is -2.47. The molecule has 6 nitrogen and oxygen atoms in total. The number of piperazine rings is 1. The van der Waals surface area contributed by atoms with Gasteiger partial charge in [0.15, 0.2) is 0 Å². The van der Waals surface area contributed by atoms with Crippen LogP contribution in [0.2, 0.25) is 0 Å². The van der Waals surface area contributed by atoms with Gasteiger partial charge in [0.05, 0.1) is 11.3 Å². The summed E-state index contributed by atoms with van der Waals surface area (Å²) in [7, 11) is 0. The summed E-state index contributed by atoms with van der Waals surface area (Å²) in [6, 6.07) is 11.3. The molecule has 0 bridgehead atoms. The van der Waals surface area contributed by atoms with Crippen molar-refractivity contribution in [2.24, 2.45) is 0 Å². The summed E-state index contributed by atoms with van der Waals surface area (Å²) in [6.45, 7) is 4.09. The van der Waals surface area contributed by atoms with Gasteiger partial charge in [0.25, 0.3) is 0 Å². The molecule has 0 aromatic heterocycles. The van der Waals surface area contributed by atoms with Crippen molar-refractivity contribution in [2.75, 3.05) is 41.3 Å². The predicted molar refractivity (Wildman–Crippen MR) is 98.5 cm³/mol. The molecule has 0 atom stereocenters. The molecule has 3 rings (SSSR count). The van der Waals surface area contributed by atoms with Crippen molar-refractivity contribution in [2.45, 2.75) is 6.92 Å². The van der Waals surface area contributed by atoms with E-state index in [0.29, 0.717) is 37.6 Å². The van der Waals surface area contributed by atoms with Crippen molar-refractivity contribution < 1.29 is 19.1 Å². The largest absolute Gasteiger partial charge is 0.478 e. The van der Waals surface area contributed by atoms with E-state index in [1.165, 1.54) is 25.1 Å². The summed E-state index contributed by atoms with van der Waals surface area (Å²) >= 11 is 0. The van der Waals surface area contributed by atoms with Crippen LogP contribution < -0.4 is 15.1 Å². The maximum atomic E-state index is 13.1. The molecule has 0 spiro atoms. The number of benzene rings is 2. The van der Waals surface area contributed by atoms with Gasteiger partial charge in [0, 0.05) is 44.5 Å².